The lowest BCUT2D eigenvalue weighted by atomic mass is 9.82. The Morgan fingerprint density at radius 1 is 0.727 bits per heavy atom. The van der Waals surface area contributed by atoms with Crippen LogP contribution in [0.15, 0.2) is 42.5 Å². The molecule has 0 saturated carbocycles. The molecule has 1 nitrogen and oxygen atoms in total. The molecule has 1 aromatic carbocycles. The van der Waals surface area contributed by atoms with E-state index in [1.165, 1.54) is 22.5 Å². The number of aryl methyl sites for hydroxylation is 2. The van der Waals surface area contributed by atoms with E-state index in [4.69, 9.17) is 4.98 Å². The van der Waals surface area contributed by atoms with Gasteiger partial charge in [0.2, 0.25) is 0 Å². The van der Waals surface area contributed by atoms with Gasteiger partial charge in [-0.3, -0.25) is 4.98 Å². The zero-order valence-corrected chi connectivity index (χ0v) is 14.9. The third-order valence-electron chi connectivity index (χ3n) is 4.04. The molecule has 0 N–H and O–H groups in total. The average Bonchev–Trinajstić information content (AvgIpc) is 2.44. The average molecular weight is 295 g/mol. The lowest BCUT2D eigenvalue weighted by Gasteiger charge is -2.26. The fourth-order valence-electron chi connectivity index (χ4n) is 2.70. The van der Waals surface area contributed by atoms with Crippen LogP contribution >= 0.6 is 0 Å². The lowest BCUT2D eigenvalue weighted by molar-refractivity contribution is 0.546. The standard InChI is InChI=1S/C21H29N/c1-20(2,3)17-13-15-19(21(4,5)6)22-18(17)14-12-16-10-8-7-9-11-16/h7-11,13,15H,12,14H2,1-6H3. The Bertz CT molecular complexity index is 613. The highest BCUT2D eigenvalue weighted by Crippen LogP contribution is 2.29. The van der Waals surface area contributed by atoms with Crippen molar-refractivity contribution in [2.75, 3.05) is 0 Å². The summed E-state index contributed by atoms with van der Waals surface area (Å²) in [6, 6.07) is 15.2. The number of pyridine rings is 1. The van der Waals surface area contributed by atoms with Crippen LogP contribution in [-0.4, -0.2) is 4.98 Å². The van der Waals surface area contributed by atoms with E-state index >= 15 is 0 Å². The van der Waals surface area contributed by atoms with Gasteiger partial charge >= 0.3 is 0 Å². The Morgan fingerprint density at radius 3 is 1.91 bits per heavy atom. The van der Waals surface area contributed by atoms with Crippen LogP contribution in [0.4, 0.5) is 0 Å². The van der Waals surface area contributed by atoms with Gasteiger partial charge in [-0.1, -0.05) is 77.9 Å². The summed E-state index contributed by atoms with van der Waals surface area (Å²) in [5.41, 5.74) is 5.42. The Hall–Kier alpha value is -1.63. The summed E-state index contributed by atoms with van der Waals surface area (Å²) in [4.78, 5) is 5.03. The van der Waals surface area contributed by atoms with E-state index < -0.39 is 0 Å². The number of rotatable bonds is 3. The second-order valence-corrected chi connectivity index (χ2v) is 8.18. The van der Waals surface area contributed by atoms with Gasteiger partial charge in [0.1, 0.15) is 0 Å². The normalized spacial score (nSPS) is 12.5. The largest absolute Gasteiger partial charge is 0.257 e. The molecule has 0 aliphatic carbocycles. The minimum absolute atomic E-state index is 0.0951. The van der Waals surface area contributed by atoms with Gasteiger partial charge in [-0.05, 0) is 35.4 Å². The molecule has 0 bridgehead atoms. The summed E-state index contributed by atoms with van der Waals surface area (Å²) in [6.45, 7) is 13.5. The van der Waals surface area contributed by atoms with E-state index in [2.05, 4.69) is 84.0 Å². The predicted octanol–water partition coefficient (Wildman–Crippen LogP) is 5.46. The second-order valence-electron chi connectivity index (χ2n) is 8.18. The third-order valence-corrected chi connectivity index (χ3v) is 4.04. The lowest BCUT2D eigenvalue weighted by Crippen LogP contribution is -2.20. The summed E-state index contributed by atoms with van der Waals surface area (Å²) < 4.78 is 0. The molecule has 22 heavy (non-hydrogen) atoms. The first kappa shape index (κ1) is 16.7. The maximum absolute atomic E-state index is 5.03. The summed E-state index contributed by atoms with van der Waals surface area (Å²) >= 11 is 0. The number of benzene rings is 1. The fraction of sp³-hybridized carbons (Fsp3) is 0.476. The van der Waals surface area contributed by atoms with E-state index in [0.29, 0.717) is 0 Å². The summed E-state index contributed by atoms with van der Waals surface area (Å²) in [5.74, 6) is 0. The summed E-state index contributed by atoms with van der Waals surface area (Å²) in [7, 11) is 0. The quantitative estimate of drug-likeness (QED) is 0.732. The van der Waals surface area contributed by atoms with Gasteiger partial charge < -0.3 is 0 Å². The molecule has 118 valence electrons. The molecular weight excluding hydrogens is 266 g/mol. The van der Waals surface area contributed by atoms with Crippen molar-refractivity contribution in [1.82, 2.24) is 4.98 Å². The fourth-order valence-corrected chi connectivity index (χ4v) is 2.70. The van der Waals surface area contributed by atoms with Gasteiger partial charge in [0.25, 0.3) is 0 Å². The van der Waals surface area contributed by atoms with Crippen molar-refractivity contribution >= 4 is 0 Å². The Balaban J connectivity index is 2.33. The summed E-state index contributed by atoms with van der Waals surface area (Å²) in [5, 5.41) is 0. The molecule has 0 spiro atoms. The molecule has 0 unspecified atom stereocenters. The van der Waals surface area contributed by atoms with Crippen LogP contribution in [0, 0.1) is 0 Å². The van der Waals surface area contributed by atoms with Crippen molar-refractivity contribution in [3.63, 3.8) is 0 Å². The van der Waals surface area contributed by atoms with E-state index in [0.717, 1.165) is 12.8 Å². The van der Waals surface area contributed by atoms with Gasteiger partial charge in [0.15, 0.2) is 0 Å². The number of hydrogen-bond donors (Lipinski definition) is 0. The van der Waals surface area contributed by atoms with Crippen molar-refractivity contribution in [2.24, 2.45) is 0 Å². The van der Waals surface area contributed by atoms with Gasteiger partial charge in [0, 0.05) is 16.8 Å². The molecule has 0 aliphatic heterocycles. The van der Waals surface area contributed by atoms with Crippen LogP contribution in [-0.2, 0) is 23.7 Å². The maximum atomic E-state index is 5.03. The SMILES string of the molecule is CC(C)(C)c1ccc(C(C)(C)C)c(CCc2ccccc2)n1. The Morgan fingerprint density at radius 2 is 1.36 bits per heavy atom. The first-order valence-corrected chi connectivity index (χ1v) is 8.23. The van der Waals surface area contributed by atoms with E-state index in [9.17, 15) is 0 Å². The molecule has 2 rings (SSSR count). The van der Waals surface area contributed by atoms with Gasteiger partial charge in [-0.25, -0.2) is 0 Å². The van der Waals surface area contributed by atoms with Crippen LogP contribution < -0.4 is 0 Å². The van der Waals surface area contributed by atoms with Crippen molar-refractivity contribution in [2.45, 2.75) is 65.2 Å². The van der Waals surface area contributed by atoms with Gasteiger partial charge in [-0.2, -0.15) is 0 Å². The van der Waals surface area contributed by atoms with Crippen LogP contribution in [0.3, 0.4) is 0 Å². The molecule has 1 heteroatoms. The second kappa shape index (κ2) is 6.24. The monoisotopic (exact) mass is 295 g/mol. The van der Waals surface area contributed by atoms with E-state index in [1.54, 1.807) is 0 Å². The van der Waals surface area contributed by atoms with Gasteiger partial charge in [0.05, 0.1) is 0 Å². The molecule has 0 fully saturated rings. The zero-order chi connectivity index (χ0) is 16.4. The Labute approximate surface area is 135 Å². The number of aromatic nitrogens is 1. The van der Waals surface area contributed by atoms with Crippen molar-refractivity contribution < 1.29 is 0 Å². The minimum atomic E-state index is 0.0951. The number of hydrogen-bond acceptors (Lipinski definition) is 1. The predicted molar refractivity (Wildman–Crippen MR) is 95.5 cm³/mol. The topological polar surface area (TPSA) is 12.9 Å². The van der Waals surface area contributed by atoms with Crippen molar-refractivity contribution in [3.8, 4) is 0 Å². The van der Waals surface area contributed by atoms with Crippen LogP contribution in [0.5, 0.6) is 0 Å². The smallest absolute Gasteiger partial charge is 0.0460 e. The summed E-state index contributed by atoms with van der Waals surface area (Å²) in [6.07, 6.45) is 2.05. The highest BCUT2D eigenvalue weighted by Gasteiger charge is 2.22. The Kier molecular flexibility index (Phi) is 4.75. The maximum Gasteiger partial charge on any atom is 0.0460 e. The zero-order valence-electron chi connectivity index (χ0n) is 14.9. The molecule has 1 aromatic heterocycles. The first-order valence-electron chi connectivity index (χ1n) is 8.23. The third kappa shape index (κ3) is 4.19. The van der Waals surface area contributed by atoms with E-state index in [1.807, 2.05) is 0 Å². The highest BCUT2D eigenvalue weighted by molar-refractivity contribution is 5.32. The molecule has 0 radical (unpaired) electrons. The van der Waals surface area contributed by atoms with Crippen molar-refractivity contribution in [1.29, 1.82) is 0 Å². The molecule has 0 amide bonds. The van der Waals surface area contributed by atoms with Crippen LogP contribution in [0.25, 0.3) is 0 Å². The first-order chi connectivity index (χ1) is 10.2. The molecule has 0 aliphatic rings. The van der Waals surface area contributed by atoms with Crippen molar-refractivity contribution in [3.05, 3.63) is 65.0 Å². The van der Waals surface area contributed by atoms with E-state index in [-0.39, 0.29) is 10.8 Å². The minimum Gasteiger partial charge on any atom is -0.257 e. The highest BCUT2D eigenvalue weighted by atomic mass is 14.7. The number of nitrogens with zero attached hydrogens (tertiary/aromatic N) is 1. The molecular formula is C21H29N. The van der Waals surface area contributed by atoms with Crippen LogP contribution in [0.1, 0.15) is 64.1 Å². The van der Waals surface area contributed by atoms with Crippen LogP contribution in [0.2, 0.25) is 0 Å². The molecule has 2 aromatic rings. The molecule has 0 atom stereocenters. The molecule has 0 saturated heterocycles. The van der Waals surface area contributed by atoms with Gasteiger partial charge in [-0.15, -0.1) is 0 Å². The molecule has 1 heterocycles.